The van der Waals surface area contributed by atoms with Crippen LogP contribution in [0.1, 0.15) is 64.2 Å². The van der Waals surface area contributed by atoms with E-state index in [1.165, 1.54) is 64.2 Å². The van der Waals surface area contributed by atoms with Gasteiger partial charge in [-0.2, -0.15) is 0 Å². The molecule has 0 heterocycles. The Bertz CT molecular complexity index is 291. The molecule has 0 bridgehead atoms. The fraction of sp³-hybridized carbons (Fsp3) is 0.789. The van der Waals surface area contributed by atoms with Crippen LogP contribution in [-0.2, 0) is 4.74 Å². The lowest BCUT2D eigenvalue weighted by Gasteiger charge is -2.26. The summed E-state index contributed by atoms with van der Waals surface area (Å²) in [5.74, 6) is 2.59. The number of hydrogen-bond donors (Lipinski definition) is 0. The molecule has 0 amide bonds. The first-order valence-corrected chi connectivity index (χ1v) is 8.63. The molecule has 2 saturated carbocycles. The van der Waals surface area contributed by atoms with Crippen LogP contribution in [0.4, 0.5) is 0 Å². The van der Waals surface area contributed by atoms with Gasteiger partial charge in [-0.1, -0.05) is 18.2 Å². The van der Waals surface area contributed by atoms with Crippen molar-refractivity contribution in [2.24, 2.45) is 17.8 Å². The quantitative estimate of drug-likeness (QED) is 0.580. The van der Waals surface area contributed by atoms with E-state index >= 15 is 0 Å². The highest BCUT2D eigenvalue weighted by Crippen LogP contribution is 2.32. The summed E-state index contributed by atoms with van der Waals surface area (Å²) >= 11 is 0. The van der Waals surface area contributed by atoms with Gasteiger partial charge in [-0.25, -0.2) is 0 Å². The first-order valence-electron chi connectivity index (χ1n) is 8.63. The molecule has 2 fully saturated rings. The van der Waals surface area contributed by atoms with E-state index in [2.05, 4.69) is 24.8 Å². The van der Waals surface area contributed by atoms with E-state index in [0.29, 0.717) is 6.10 Å². The van der Waals surface area contributed by atoms with Crippen molar-refractivity contribution in [2.75, 3.05) is 7.11 Å². The maximum absolute atomic E-state index is 5.43. The van der Waals surface area contributed by atoms with Crippen molar-refractivity contribution in [1.29, 1.82) is 0 Å². The fourth-order valence-corrected chi connectivity index (χ4v) is 3.85. The molecule has 2 aliphatic rings. The van der Waals surface area contributed by atoms with E-state index < -0.39 is 0 Å². The predicted molar refractivity (Wildman–Crippen MR) is 86.8 cm³/mol. The molecule has 0 saturated heterocycles. The summed E-state index contributed by atoms with van der Waals surface area (Å²) in [6, 6.07) is 0. The Morgan fingerprint density at radius 2 is 1.60 bits per heavy atom. The third-order valence-electron chi connectivity index (χ3n) is 5.43. The molecule has 2 rings (SSSR count). The molecule has 0 N–H and O–H groups in total. The normalized spacial score (nSPS) is 35.2. The molecule has 20 heavy (non-hydrogen) atoms. The van der Waals surface area contributed by atoms with Crippen molar-refractivity contribution >= 4 is 0 Å². The van der Waals surface area contributed by atoms with Gasteiger partial charge in [0.15, 0.2) is 0 Å². The number of hydrogen-bond acceptors (Lipinski definition) is 1. The van der Waals surface area contributed by atoms with Gasteiger partial charge >= 0.3 is 0 Å². The molecule has 0 atom stereocenters. The van der Waals surface area contributed by atoms with Gasteiger partial charge in [-0.3, -0.25) is 0 Å². The lowest BCUT2D eigenvalue weighted by atomic mass is 9.80. The molecule has 2 aliphatic carbocycles. The van der Waals surface area contributed by atoms with Crippen LogP contribution in [0.3, 0.4) is 0 Å². The Morgan fingerprint density at radius 3 is 2.20 bits per heavy atom. The van der Waals surface area contributed by atoms with Gasteiger partial charge < -0.3 is 4.74 Å². The second-order valence-electron chi connectivity index (χ2n) is 6.79. The minimum atomic E-state index is 0.527. The molecule has 0 aromatic carbocycles. The Kier molecular flexibility index (Phi) is 6.86. The SMILES string of the molecule is C=CC1CCC(CC/C=C/C2CCC(OC)CC2)CC1. The minimum Gasteiger partial charge on any atom is -0.381 e. The van der Waals surface area contributed by atoms with Crippen molar-refractivity contribution < 1.29 is 4.74 Å². The van der Waals surface area contributed by atoms with Crippen LogP contribution in [-0.4, -0.2) is 13.2 Å². The fourth-order valence-electron chi connectivity index (χ4n) is 3.85. The smallest absolute Gasteiger partial charge is 0.0571 e. The van der Waals surface area contributed by atoms with Crippen molar-refractivity contribution in [2.45, 2.75) is 70.3 Å². The summed E-state index contributed by atoms with van der Waals surface area (Å²) < 4.78 is 5.43. The van der Waals surface area contributed by atoms with Crippen LogP contribution < -0.4 is 0 Å². The summed E-state index contributed by atoms with van der Waals surface area (Å²) in [6.45, 7) is 3.93. The summed E-state index contributed by atoms with van der Waals surface area (Å²) in [6.07, 6.45) is 21.0. The first kappa shape index (κ1) is 15.8. The lowest BCUT2D eigenvalue weighted by molar-refractivity contribution is 0.0626. The van der Waals surface area contributed by atoms with Gasteiger partial charge in [0.1, 0.15) is 0 Å². The standard InChI is InChI=1S/C19H32O/c1-3-16-8-10-17(11-9-16)6-4-5-7-18-12-14-19(20-2)15-13-18/h3,5,7,16-19H,1,4,6,8-15H2,2H3/b7-5+. The van der Waals surface area contributed by atoms with Crippen LogP contribution in [0, 0.1) is 17.8 Å². The van der Waals surface area contributed by atoms with E-state index in [-0.39, 0.29) is 0 Å². The maximum atomic E-state index is 5.43. The van der Waals surface area contributed by atoms with E-state index in [1.807, 2.05) is 7.11 Å². The Labute approximate surface area is 125 Å². The van der Waals surface area contributed by atoms with E-state index in [9.17, 15) is 0 Å². The third-order valence-corrected chi connectivity index (χ3v) is 5.43. The number of ether oxygens (including phenoxy) is 1. The molecule has 1 nitrogen and oxygen atoms in total. The zero-order valence-corrected chi connectivity index (χ0v) is 13.2. The van der Waals surface area contributed by atoms with Crippen molar-refractivity contribution in [3.8, 4) is 0 Å². The Balaban J connectivity index is 1.57. The summed E-state index contributed by atoms with van der Waals surface area (Å²) in [7, 11) is 1.85. The van der Waals surface area contributed by atoms with Gasteiger partial charge in [0.2, 0.25) is 0 Å². The van der Waals surface area contributed by atoms with Crippen LogP contribution in [0.15, 0.2) is 24.8 Å². The molecule has 114 valence electrons. The van der Waals surface area contributed by atoms with Crippen molar-refractivity contribution in [3.63, 3.8) is 0 Å². The monoisotopic (exact) mass is 276 g/mol. The Morgan fingerprint density at radius 1 is 0.950 bits per heavy atom. The molecule has 0 spiro atoms. The lowest BCUT2D eigenvalue weighted by Crippen LogP contribution is -2.19. The van der Waals surface area contributed by atoms with Gasteiger partial charge in [0, 0.05) is 7.11 Å². The average Bonchev–Trinajstić information content (AvgIpc) is 2.53. The molecule has 0 aromatic rings. The molecule has 0 radical (unpaired) electrons. The second kappa shape index (κ2) is 8.67. The van der Waals surface area contributed by atoms with E-state index in [4.69, 9.17) is 4.74 Å². The van der Waals surface area contributed by atoms with Gasteiger partial charge in [-0.15, -0.1) is 6.58 Å². The van der Waals surface area contributed by atoms with E-state index in [0.717, 1.165) is 17.8 Å². The molecule has 0 aromatic heterocycles. The van der Waals surface area contributed by atoms with Gasteiger partial charge in [0.05, 0.1) is 6.10 Å². The van der Waals surface area contributed by atoms with Gasteiger partial charge in [-0.05, 0) is 82.0 Å². The largest absolute Gasteiger partial charge is 0.381 e. The highest BCUT2D eigenvalue weighted by Gasteiger charge is 2.19. The second-order valence-corrected chi connectivity index (χ2v) is 6.79. The molecular weight excluding hydrogens is 244 g/mol. The van der Waals surface area contributed by atoms with Crippen LogP contribution in [0.25, 0.3) is 0 Å². The number of methoxy groups -OCH3 is 1. The minimum absolute atomic E-state index is 0.527. The summed E-state index contributed by atoms with van der Waals surface area (Å²) in [5, 5.41) is 0. The molecule has 1 heteroatoms. The molecule has 0 unspecified atom stereocenters. The highest BCUT2D eigenvalue weighted by molar-refractivity contribution is 4.92. The summed E-state index contributed by atoms with van der Waals surface area (Å²) in [5.41, 5.74) is 0. The molecule has 0 aliphatic heterocycles. The third kappa shape index (κ3) is 5.09. The highest BCUT2D eigenvalue weighted by atomic mass is 16.5. The first-order chi connectivity index (χ1) is 9.81. The van der Waals surface area contributed by atoms with Gasteiger partial charge in [0.25, 0.3) is 0 Å². The van der Waals surface area contributed by atoms with Crippen LogP contribution in [0.2, 0.25) is 0 Å². The zero-order chi connectivity index (χ0) is 14.2. The Hall–Kier alpha value is -0.560. The van der Waals surface area contributed by atoms with E-state index in [1.54, 1.807) is 0 Å². The van der Waals surface area contributed by atoms with Crippen LogP contribution in [0.5, 0.6) is 0 Å². The van der Waals surface area contributed by atoms with Crippen molar-refractivity contribution in [3.05, 3.63) is 24.8 Å². The predicted octanol–water partition coefficient (Wildman–Crippen LogP) is 5.52. The zero-order valence-electron chi connectivity index (χ0n) is 13.2. The molecular formula is C19H32O. The van der Waals surface area contributed by atoms with Crippen LogP contribution >= 0.6 is 0 Å². The van der Waals surface area contributed by atoms with Crippen molar-refractivity contribution in [1.82, 2.24) is 0 Å². The number of rotatable bonds is 6. The number of allylic oxidation sites excluding steroid dienone is 3. The maximum Gasteiger partial charge on any atom is 0.0571 e. The topological polar surface area (TPSA) is 9.23 Å². The average molecular weight is 276 g/mol. The summed E-state index contributed by atoms with van der Waals surface area (Å²) in [4.78, 5) is 0.